The summed E-state index contributed by atoms with van der Waals surface area (Å²) in [5.41, 5.74) is -0.341. The molecule has 0 aliphatic rings. The summed E-state index contributed by atoms with van der Waals surface area (Å²) in [6.07, 6.45) is 0. The van der Waals surface area contributed by atoms with E-state index in [1.54, 1.807) is 22.7 Å². The summed E-state index contributed by atoms with van der Waals surface area (Å²) in [6, 6.07) is 8.11. The minimum atomic E-state index is -0.851. The lowest BCUT2D eigenvalue weighted by molar-refractivity contribution is 0.0426. The third-order valence-electron chi connectivity index (χ3n) is 3.44. The maximum absolute atomic E-state index is 10.2. The van der Waals surface area contributed by atoms with Gasteiger partial charge in [-0.3, -0.25) is 0 Å². The fourth-order valence-electron chi connectivity index (χ4n) is 1.52. The van der Waals surface area contributed by atoms with Crippen LogP contribution in [0.4, 0.5) is 0 Å². The van der Waals surface area contributed by atoms with Crippen molar-refractivity contribution in [3.8, 4) is 9.75 Å². The lowest BCUT2D eigenvalue weighted by atomic mass is 9.84. The average Bonchev–Trinajstić information content (AvgIpc) is 2.99. The van der Waals surface area contributed by atoms with Crippen molar-refractivity contribution in [3.05, 3.63) is 29.6 Å². The lowest BCUT2D eigenvalue weighted by Crippen LogP contribution is -2.43. The molecule has 0 unspecified atom stereocenters. The highest BCUT2D eigenvalue weighted by atomic mass is 32.1. The Hall–Kier alpha value is -0.615. The Morgan fingerprint density at radius 3 is 2.53 bits per heavy atom. The topological polar surface area (TPSA) is 29.5 Å². The minimum Gasteiger partial charge on any atom is -0.423 e. The molecule has 5 heteroatoms. The van der Waals surface area contributed by atoms with Crippen LogP contribution in [0.25, 0.3) is 9.75 Å². The van der Waals surface area contributed by atoms with Crippen LogP contribution >= 0.6 is 22.7 Å². The van der Waals surface area contributed by atoms with Crippen molar-refractivity contribution in [1.82, 2.24) is 0 Å². The van der Waals surface area contributed by atoms with E-state index in [0.717, 1.165) is 4.78 Å². The molecular formula is C14H19BO2S2. The molecule has 2 heterocycles. The molecule has 102 valence electrons. The molecule has 2 aromatic rings. The maximum atomic E-state index is 10.2. The van der Waals surface area contributed by atoms with Crippen LogP contribution in [0.3, 0.4) is 0 Å². The zero-order chi connectivity index (χ0) is 14.0. The molecule has 2 nitrogen and oxygen atoms in total. The van der Waals surface area contributed by atoms with Crippen molar-refractivity contribution in [2.24, 2.45) is 5.92 Å². The molecule has 0 aromatic carbocycles. The summed E-state index contributed by atoms with van der Waals surface area (Å²) in [6.45, 7) is 8.21. The van der Waals surface area contributed by atoms with Gasteiger partial charge in [0, 0.05) is 14.5 Å². The summed E-state index contributed by atoms with van der Waals surface area (Å²) < 4.78 is 6.64. The van der Waals surface area contributed by atoms with Crippen LogP contribution in [0.15, 0.2) is 29.6 Å². The smallest absolute Gasteiger partial charge is 0.423 e. The number of hydrogen-bond acceptors (Lipinski definition) is 4. The summed E-state index contributed by atoms with van der Waals surface area (Å²) in [5, 5.41) is 12.3. The average molecular weight is 294 g/mol. The van der Waals surface area contributed by atoms with E-state index in [1.807, 2.05) is 32.0 Å². The quantitative estimate of drug-likeness (QED) is 0.854. The van der Waals surface area contributed by atoms with Gasteiger partial charge in [0.25, 0.3) is 0 Å². The molecule has 1 N–H and O–H groups in total. The highest BCUT2D eigenvalue weighted by Gasteiger charge is 2.31. The Bertz CT molecular complexity index is 517. The fraction of sp³-hybridized carbons (Fsp3) is 0.429. The Labute approximate surface area is 123 Å². The predicted molar refractivity (Wildman–Crippen MR) is 85.2 cm³/mol. The Morgan fingerprint density at radius 2 is 1.95 bits per heavy atom. The van der Waals surface area contributed by atoms with E-state index in [2.05, 4.69) is 25.3 Å². The second kappa shape index (κ2) is 5.79. The number of thiophene rings is 2. The fourth-order valence-corrected chi connectivity index (χ4v) is 3.28. The van der Waals surface area contributed by atoms with Crippen molar-refractivity contribution in [3.63, 3.8) is 0 Å². The molecule has 0 saturated heterocycles. The second-order valence-electron chi connectivity index (χ2n) is 5.41. The largest absolute Gasteiger partial charge is 0.502 e. The van der Waals surface area contributed by atoms with E-state index in [-0.39, 0.29) is 5.60 Å². The summed E-state index contributed by atoms with van der Waals surface area (Å²) in [5.74, 6) is 0.346. The molecule has 0 bridgehead atoms. The molecule has 2 rings (SSSR count). The standard InChI is InChI=1S/C14H19BO2S2/c1-10(2)14(3,4)17-15(16)13-8-7-12(19-13)11-6-5-9-18-11/h5-10,16H,1-4H3. The zero-order valence-corrected chi connectivity index (χ0v) is 13.3. The monoisotopic (exact) mass is 294 g/mol. The zero-order valence-electron chi connectivity index (χ0n) is 11.7. The maximum Gasteiger partial charge on any atom is 0.502 e. The minimum absolute atomic E-state index is 0.341. The third kappa shape index (κ3) is 3.48. The van der Waals surface area contributed by atoms with E-state index in [9.17, 15) is 5.02 Å². The molecule has 0 saturated carbocycles. The van der Waals surface area contributed by atoms with Gasteiger partial charge in [-0.2, -0.15) is 0 Å². The van der Waals surface area contributed by atoms with Crippen LogP contribution < -0.4 is 4.78 Å². The highest BCUT2D eigenvalue weighted by molar-refractivity contribution is 7.27. The number of rotatable bonds is 5. The van der Waals surface area contributed by atoms with Crippen LogP contribution in [0, 0.1) is 5.92 Å². The summed E-state index contributed by atoms with van der Waals surface area (Å²) >= 11 is 3.29. The van der Waals surface area contributed by atoms with Gasteiger partial charge in [0.05, 0.1) is 5.60 Å². The van der Waals surface area contributed by atoms with Gasteiger partial charge in [0.15, 0.2) is 0 Å². The van der Waals surface area contributed by atoms with Crippen molar-refractivity contribution in [1.29, 1.82) is 0 Å². The van der Waals surface area contributed by atoms with Crippen LogP contribution in [-0.2, 0) is 4.65 Å². The van der Waals surface area contributed by atoms with Gasteiger partial charge < -0.3 is 9.68 Å². The first-order chi connectivity index (χ1) is 8.90. The van der Waals surface area contributed by atoms with Gasteiger partial charge in [0.1, 0.15) is 0 Å². The molecule has 0 spiro atoms. The first kappa shape index (κ1) is 14.8. The molecule has 0 amide bonds. The van der Waals surface area contributed by atoms with E-state index in [1.165, 1.54) is 9.75 Å². The van der Waals surface area contributed by atoms with Crippen LogP contribution in [-0.4, -0.2) is 17.7 Å². The summed E-state index contributed by atoms with van der Waals surface area (Å²) in [7, 11) is -0.851. The molecule has 0 aliphatic carbocycles. The first-order valence-electron chi connectivity index (χ1n) is 6.39. The van der Waals surface area contributed by atoms with Crippen molar-refractivity contribution in [2.45, 2.75) is 33.3 Å². The third-order valence-corrected chi connectivity index (χ3v) is 5.62. The molecule has 0 atom stereocenters. The van der Waals surface area contributed by atoms with Gasteiger partial charge in [-0.05, 0) is 37.3 Å². The number of hydrogen-bond donors (Lipinski definition) is 1. The molecule has 2 aromatic heterocycles. The molecular weight excluding hydrogens is 275 g/mol. The first-order valence-corrected chi connectivity index (χ1v) is 8.09. The molecule has 0 fully saturated rings. The highest BCUT2D eigenvalue weighted by Crippen LogP contribution is 2.28. The van der Waals surface area contributed by atoms with Gasteiger partial charge >= 0.3 is 7.12 Å². The van der Waals surface area contributed by atoms with Crippen LogP contribution in [0.5, 0.6) is 0 Å². The molecule has 0 radical (unpaired) electrons. The van der Waals surface area contributed by atoms with E-state index >= 15 is 0 Å². The van der Waals surface area contributed by atoms with Crippen molar-refractivity contribution in [2.75, 3.05) is 0 Å². The van der Waals surface area contributed by atoms with Crippen LogP contribution in [0.2, 0.25) is 0 Å². The van der Waals surface area contributed by atoms with Crippen molar-refractivity contribution >= 4 is 34.6 Å². The van der Waals surface area contributed by atoms with Gasteiger partial charge in [-0.1, -0.05) is 26.0 Å². The Morgan fingerprint density at radius 1 is 1.21 bits per heavy atom. The molecule has 19 heavy (non-hydrogen) atoms. The van der Waals surface area contributed by atoms with Crippen LogP contribution in [0.1, 0.15) is 27.7 Å². The summed E-state index contributed by atoms with van der Waals surface area (Å²) in [4.78, 5) is 2.40. The van der Waals surface area contributed by atoms with E-state index < -0.39 is 7.12 Å². The normalized spacial score (nSPS) is 12.1. The molecule has 0 aliphatic heterocycles. The van der Waals surface area contributed by atoms with Gasteiger partial charge in [-0.15, -0.1) is 22.7 Å². The predicted octanol–water partition coefficient (Wildman–Crippen LogP) is 3.62. The van der Waals surface area contributed by atoms with Gasteiger partial charge in [0.2, 0.25) is 0 Å². The van der Waals surface area contributed by atoms with E-state index in [0.29, 0.717) is 5.92 Å². The van der Waals surface area contributed by atoms with E-state index in [4.69, 9.17) is 4.65 Å². The van der Waals surface area contributed by atoms with Gasteiger partial charge in [-0.25, -0.2) is 0 Å². The lowest BCUT2D eigenvalue weighted by Gasteiger charge is -2.31. The Kier molecular flexibility index (Phi) is 4.51. The Balaban J connectivity index is 2.11. The second-order valence-corrected chi connectivity index (χ2v) is 7.47. The van der Waals surface area contributed by atoms with Crippen molar-refractivity contribution < 1.29 is 9.68 Å². The SMILES string of the molecule is CC(C)C(C)(C)OB(O)c1ccc(-c2cccs2)s1.